The summed E-state index contributed by atoms with van der Waals surface area (Å²) in [6, 6.07) is 0. The van der Waals surface area contributed by atoms with Crippen LogP contribution in [-0.2, 0) is 19.1 Å². The van der Waals surface area contributed by atoms with Gasteiger partial charge in [0.05, 0.1) is 6.61 Å². The van der Waals surface area contributed by atoms with Crippen LogP contribution in [0.4, 0.5) is 0 Å². The van der Waals surface area contributed by atoms with Crippen molar-refractivity contribution >= 4 is 11.9 Å². The molecule has 0 aromatic heterocycles. The lowest BCUT2D eigenvalue weighted by Gasteiger charge is -2.15. The molecule has 0 fully saturated rings. The highest BCUT2D eigenvalue weighted by Crippen LogP contribution is 2.12. The molecule has 0 aromatic carbocycles. The second-order valence-corrected chi connectivity index (χ2v) is 7.37. The number of ether oxygens (including phenoxy) is 2. The molecule has 0 aliphatic carbocycles. The molecular formula is C22H42O5. The Morgan fingerprint density at radius 2 is 1.15 bits per heavy atom. The molecule has 1 unspecified atom stereocenters. The van der Waals surface area contributed by atoms with E-state index >= 15 is 0 Å². The predicted octanol–water partition coefficient (Wildman–Crippen LogP) is 5.33. The van der Waals surface area contributed by atoms with E-state index < -0.39 is 6.10 Å². The van der Waals surface area contributed by atoms with Crippen molar-refractivity contribution in [3.63, 3.8) is 0 Å². The van der Waals surface area contributed by atoms with Gasteiger partial charge in [-0.05, 0) is 12.8 Å². The number of hydrogen-bond acceptors (Lipinski definition) is 5. The molecule has 27 heavy (non-hydrogen) atoms. The molecule has 160 valence electrons. The first-order chi connectivity index (χ1) is 13.1. The summed E-state index contributed by atoms with van der Waals surface area (Å²) in [4.78, 5) is 23.4. The third kappa shape index (κ3) is 18.0. The topological polar surface area (TPSA) is 72.8 Å². The SMILES string of the molecule is CCCCCCCCCCCCC(=O)OC(CO)COC(=O)CCCCC. The van der Waals surface area contributed by atoms with E-state index in [2.05, 4.69) is 13.8 Å². The second-order valence-electron chi connectivity index (χ2n) is 7.37. The van der Waals surface area contributed by atoms with Crippen molar-refractivity contribution < 1.29 is 24.2 Å². The molecule has 0 radical (unpaired) electrons. The van der Waals surface area contributed by atoms with Crippen molar-refractivity contribution in [3.05, 3.63) is 0 Å². The summed E-state index contributed by atoms with van der Waals surface area (Å²) < 4.78 is 10.3. The molecule has 0 aliphatic heterocycles. The summed E-state index contributed by atoms with van der Waals surface area (Å²) in [6.07, 6.45) is 15.0. The number of esters is 2. The average Bonchev–Trinajstić information content (AvgIpc) is 2.66. The summed E-state index contributed by atoms with van der Waals surface area (Å²) in [5, 5.41) is 9.28. The van der Waals surface area contributed by atoms with E-state index in [-0.39, 0.29) is 25.2 Å². The molecule has 0 aliphatic rings. The standard InChI is InChI=1S/C22H42O5/c1-3-5-7-8-9-10-11-12-13-15-17-22(25)27-20(18-23)19-26-21(24)16-14-6-4-2/h20,23H,3-19H2,1-2H3. The van der Waals surface area contributed by atoms with E-state index in [9.17, 15) is 14.7 Å². The number of carbonyl (C=O) groups is 2. The van der Waals surface area contributed by atoms with Crippen LogP contribution in [0.5, 0.6) is 0 Å². The Morgan fingerprint density at radius 3 is 1.70 bits per heavy atom. The van der Waals surface area contributed by atoms with Gasteiger partial charge < -0.3 is 14.6 Å². The van der Waals surface area contributed by atoms with Crippen molar-refractivity contribution in [1.82, 2.24) is 0 Å². The minimum atomic E-state index is -0.754. The first-order valence-electron chi connectivity index (χ1n) is 11.1. The van der Waals surface area contributed by atoms with E-state index in [0.717, 1.165) is 38.5 Å². The zero-order valence-corrected chi connectivity index (χ0v) is 17.7. The number of unbranched alkanes of at least 4 members (excludes halogenated alkanes) is 11. The van der Waals surface area contributed by atoms with Crippen molar-refractivity contribution in [1.29, 1.82) is 0 Å². The van der Waals surface area contributed by atoms with E-state index in [1.165, 1.54) is 44.9 Å². The molecule has 5 heteroatoms. The lowest BCUT2D eigenvalue weighted by Crippen LogP contribution is -2.28. The summed E-state index contributed by atoms with van der Waals surface area (Å²) >= 11 is 0. The van der Waals surface area contributed by atoms with Crippen LogP contribution in [-0.4, -0.2) is 36.4 Å². The first-order valence-corrected chi connectivity index (χ1v) is 11.1. The Labute approximate surface area is 166 Å². The van der Waals surface area contributed by atoms with Gasteiger partial charge in [-0.2, -0.15) is 0 Å². The Hall–Kier alpha value is -1.10. The normalized spacial score (nSPS) is 12.0. The largest absolute Gasteiger partial charge is 0.462 e. The summed E-state index contributed by atoms with van der Waals surface area (Å²) in [5.74, 6) is -0.622. The molecule has 0 amide bonds. The fraction of sp³-hybridized carbons (Fsp3) is 0.909. The maximum absolute atomic E-state index is 11.8. The van der Waals surface area contributed by atoms with Gasteiger partial charge in [-0.1, -0.05) is 84.5 Å². The molecule has 5 nitrogen and oxygen atoms in total. The van der Waals surface area contributed by atoms with E-state index in [4.69, 9.17) is 9.47 Å². The molecule has 1 N–H and O–H groups in total. The highest BCUT2D eigenvalue weighted by Gasteiger charge is 2.15. The fourth-order valence-corrected chi connectivity index (χ4v) is 2.90. The summed E-state index contributed by atoms with van der Waals surface area (Å²) in [7, 11) is 0. The number of hydrogen-bond donors (Lipinski definition) is 1. The van der Waals surface area contributed by atoms with Gasteiger partial charge in [0.15, 0.2) is 6.10 Å². The lowest BCUT2D eigenvalue weighted by molar-refractivity contribution is -0.161. The van der Waals surface area contributed by atoms with Gasteiger partial charge in [-0.15, -0.1) is 0 Å². The smallest absolute Gasteiger partial charge is 0.306 e. The van der Waals surface area contributed by atoms with Crippen LogP contribution in [0, 0.1) is 0 Å². The molecule has 0 bridgehead atoms. The second kappa shape index (κ2) is 19.7. The Kier molecular flexibility index (Phi) is 18.9. The van der Waals surface area contributed by atoms with Crippen LogP contribution in [0.2, 0.25) is 0 Å². The van der Waals surface area contributed by atoms with Gasteiger partial charge >= 0.3 is 11.9 Å². The minimum Gasteiger partial charge on any atom is -0.462 e. The van der Waals surface area contributed by atoms with E-state index in [1.54, 1.807) is 0 Å². The van der Waals surface area contributed by atoms with Crippen molar-refractivity contribution in [2.75, 3.05) is 13.2 Å². The first kappa shape index (κ1) is 25.9. The van der Waals surface area contributed by atoms with Gasteiger partial charge in [0.2, 0.25) is 0 Å². The van der Waals surface area contributed by atoms with Crippen LogP contribution < -0.4 is 0 Å². The number of rotatable bonds is 19. The Morgan fingerprint density at radius 1 is 0.704 bits per heavy atom. The van der Waals surface area contributed by atoms with Crippen LogP contribution in [0.25, 0.3) is 0 Å². The third-order valence-electron chi connectivity index (χ3n) is 4.65. The Balaban J connectivity index is 3.61. The van der Waals surface area contributed by atoms with Gasteiger partial charge in [0.25, 0.3) is 0 Å². The van der Waals surface area contributed by atoms with E-state index in [1.807, 2.05) is 0 Å². The molecule has 0 saturated heterocycles. The van der Waals surface area contributed by atoms with Gasteiger partial charge in [-0.25, -0.2) is 0 Å². The van der Waals surface area contributed by atoms with Gasteiger partial charge in [0.1, 0.15) is 6.61 Å². The van der Waals surface area contributed by atoms with Crippen molar-refractivity contribution in [2.24, 2.45) is 0 Å². The van der Waals surface area contributed by atoms with Crippen LogP contribution >= 0.6 is 0 Å². The molecule has 0 aromatic rings. The molecule has 1 atom stereocenters. The molecular weight excluding hydrogens is 344 g/mol. The molecule has 0 heterocycles. The Bertz CT molecular complexity index is 357. The van der Waals surface area contributed by atoms with Crippen molar-refractivity contribution in [3.8, 4) is 0 Å². The zero-order chi connectivity index (χ0) is 20.2. The number of carbonyl (C=O) groups excluding carboxylic acids is 2. The number of aliphatic hydroxyl groups is 1. The van der Waals surface area contributed by atoms with Crippen molar-refractivity contribution in [2.45, 2.75) is 116 Å². The maximum atomic E-state index is 11.8. The van der Waals surface area contributed by atoms with Gasteiger partial charge in [0, 0.05) is 12.8 Å². The van der Waals surface area contributed by atoms with E-state index in [0.29, 0.717) is 12.8 Å². The number of aliphatic hydroxyl groups excluding tert-OH is 1. The molecule has 0 rings (SSSR count). The zero-order valence-electron chi connectivity index (χ0n) is 17.7. The summed E-state index contributed by atoms with van der Waals surface area (Å²) in [6.45, 7) is 3.91. The lowest BCUT2D eigenvalue weighted by atomic mass is 10.1. The highest BCUT2D eigenvalue weighted by molar-refractivity contribution is 5.70. The molecule has 0 saturated carbocycles. The predicted molar refractivity (Wildman–Crippen MR) is 109 cm³/mol. The quantitative estimate of drug-likeness (QED) is 0.240. The minimum absolute atomic E-state index is 0.0643. The molecule has 0 spiro atoms. The monoisotopic (exact) mass is 386 g/mol. The summed E-state index contributed by atoms with van der Waals surface area (Å²) in [5.41, 5.74) is 0. The van der Waals surface area contributed by atoms with Crippen LogP contribution in [0.15, 0.2) is 0 Å². The fourth-order valence-electron chi connectivity index (χ4n) is 2.90. The third-order valence-corrected chi connectivity index (χ3v) is 4.65. The maximum Gasteiger partial charge on any atom is 0.306 e. The van der Waals surface area contributed by atoms with Crippen LogP contribution in [0.3, 0.4) is 0 Å². The highest BCUT2D eigenvalue weighted by atomic mass is 16.6. The van der Waals surface area contributed by atoms with Crippen LogP contribution in [0.1, 0.15) is 110 Å². The van der Waals surface area contributed by atoms with Gasteiger partial charge in [-0.3, -0.25) is 9.59 Å². The average molecular weight is 387 g/mol.